The Morgan fingerprint density at radius 2 is 1.96 bits per heavy atom. The summed E-state index contributed by atoms with van der Waals surface area (Å²) in [4.78, 5) is 14.9. The Kier molecular flexibility index (Phi) is 8.35. The summed E-state index contributed by atoms with van der Waals surface area (Å²) in [6, 6.07) is -1.20. The van der Waals surface area contributed by atoms with E-state index in [2.05, 4.69) is 12.2 Å². The van der Waals surface area contributed by atoms with Crippen molar-refractivity contribution >= 4 is 17.7 Å². The van der Waals surface area contributed by atoms with Gasteiger partial charge >= 0.3 is 0 Å². The Morgan fingerprint density at radius 1 is 1.30 bits per heavy atom. The minimum Gasteiger partial charge on any atom is -0.391 e. The number of thioether (sulfide) groups is 1. The molecule has 158 valence electrons. The lowest BCUT2D eigenvalue weighted by Gasteiger charge is -2.44. The highest BCUT2D eigenvalue weighted by Crippen LogP contribution is 2.30. The van der Waals surface area contributed by atoms with Gasteiger partial charge in [-0.1, -0.05) is 13.3 Å². The summed E-state index contributed by atoms with van der Waals surface area (Å²) in [7, 11) is 1.91. The fourth-order valence-corrected chi connectivity index (χ4v) is 4.81. The summed E-state index contributed by atoms with van der Waals surface area (Å²) < 4.78 is 5.72. The minimum atomic E-state index is -1.42. The molecule has 0 aromatic carbocycles. The molecule has 27 heavy (non-hydrogen) atoms. The van der Waals surface area contributed by atoms with E-state index < -0.39 is 42.0 Å². The Hall–Kier alpha value is -0.420. The van der Waals surface area contributed by atoms with Crippen LogP contribution in [0, 0.1) is 5.92 Å². The first-order chi connectivity index (χ1) is 12.7. The van der Waals surface area contributed by atoms with Crippen molar-refractivity contribution < 1.29 is 30.0 Å². The van der Waals surface area contributed by atoms with Gasteiger partial charge in [0.2, 0.25) is 5.91 Å². The van der Waals surface area contributed by atoms with E-state index in [0.29, 0.717) is 5.92 Å². The van der Waals surface area contributed by atoms with Gasteiger partial charge in [0.15, 0.2) is 0 Å². The summed E-state index contributed by atoms with van der Waals surface area (Å²) in [5, 5.41) is 43.5. The van der Waals surface area contributed by atoms with E-state index in [4.69, 9.17) is 4.74 Å². The van der Waals surface area contributed by atoms with Crippen molar-refractivity contribution in [3.8, 4) is 0 Å². The average molecular weight is 407 g/mol. The van der Waals surface area contributed by atoms with E-state index in [1.54, 1.807) is 6.26 Å². The van der Waals surface area contributed by atoms with Crippen molar-refractivity contribution in [2.75, 3.05) is 19.8 Å². The first-order valence-electron chi connectivity index (χ1n) is 9.62. The van der Waals surface area contributed by atoms with Crippen LogP contribution in [0.5, 0.6) is 0 Å². The molecule has 9 heteroatoms. The highest BCUT2D eigenvalue weighted by Gasteiger charge is 2.48. The van der Waals surface area contributed by atoms with E-state index in [1.807, 2.05) is 11.9 Å². The standard InChI is InChI=1S/C18H34N2O6S/c1-5-6-10-7-11(20(3)8-10)17(25)19-12(9(2)21)16-14(23)13(22)15(24)18(26-16)27-4/h9-16,18,21-24H,5-8H2,1-4H3,(H,19,25)/t9-,10+,11-,12+,13-,14+,15+,16?,18+/m0/s1. The predicted octanol–water partition coefficient (Wildman–Crippen LogP) is -0.857. The van der Waals surface area contributed by atoms with Gasteiger partial charge in [-0.25, -0.2) is 0 Å². The molecule has 2 fully saturated rings. The molecular formula is C18H34N2O6S. The van der Waals surface area contributed by atoms with Crippen molar-refractivity contribution in [1.82, 2.24) is 10.2 Å². The molecule has 0 radical (unpaired) electrons. The number of amides is 1. The molecule has 0 bridgehead atoms. The summed E-state index contributed by atoms with van der Waals surface area (Å²) >= 11 is 1.20. The lowest BCUT2D eigenvalue weighted by atomic mass is 9.92. The maximum Gasteiger partial charge on any atom is 0.237 e. The number of hydrogen-bond donors (Lipinski definition) is 5. The molecule has 0 saturated carbocycles. The molecule has 2 heterocycles. The predicted molar refractivity (Wildman–Crippen MR) is 103 cm³/mol. The van der Waals surface area contributed by atoms with Crippen LogP contribution in [0.25, 0.3) is 0 Å². The SMILES string of the molecule is CCC[C@@H]1C[C@@H](C(=O)N[C@@H](C2O[C@H](SC)[C@H](O)[C@@H](O)[C@H]2O)[C@H](C)O)N(C)C1. The maximum atomic E-state index is 12.8. The summed E-state index contributed by atoms with van der Waals surface area (Å²) in [5.41, 5.74) is -0.755. The van der Waals surface area contributed by atoms with Crippen LogP contribution in [0.4, 0.5) is 0 Å². The number of aliphatic hydroxyl groups excluding tert-OH is 4. The first-order valence-corrected chi connectivity index (χ1v) is 10.9. The molecule has 2 aliphatic heterocycles. The van der Waals surface area contributed by atoms with Gasteiger partial charge in [-0.05, 0) is 39.0 Å². The largest absolute Gasteiger partial charge is 0.391 e. The normalized spacial score (nSPS) is 39.9. The zero-order valence-electron chi connectivity index (χ0n) is 16.5. The van der Waals surface area contributed by atoms with Gasteiger partial charge < -0.3 is 30.5 Å². The second-order valence-corrected chi connectivity index (χ2v) is 8.73. The van der Waals surface area contributed by atoms with Crippen LogP contribution in [0.2, 0.25) is 0 Å². The van der Waals surface area contributed by atoms with Gasteiger partial charge in [0.25, 0.3) is 0 Å². The fraction of sp³-hybridized carbons (Fsp3) is 0.944. The Labute approximate surface area is 165 Å². The number of nitrogens with zero attached hydrogens (tertiary/aromatic N) is 1. The third-order valence-electron chi connectivity index (χ3n) is 5.66. The number of ether oxygens (including phenoxy) is 1. The van der Waals surface area contributed by atoms with E-state index in [-0.39, 0.29) is 11.9 Å². The van der Waals surface area contributed by atoms with Gasteiger partial charge in [-0.2, -0.15) is 0 Å². The number of carbonyl (C=O) groups is 1. The molecule has 0 aromatic rings. The summed E-state index contributed by atoms with van der Waals surface area (Å²) in [5.74, 6) is 0.245. The molecule has 8 nitrogen and oxygen atoms in total. The molecule has 1 unspecified atom stereocenters. The zero-order chi connectivity index (χ0) is 20.3. The van der Waals surface area contributed by atoms with Crippen LogP contribution in [0.3, 0.4) is 0 Å². The maximum absolute atomic E-state index is 12.8. The van der Waals surface area contributed by atoms with E-state index in [0.717, 1.165) is 25.8 Å². The van der Waals surface area contributed by atoms with Gasteiger partial charge in [0.05, 0.1) is 18.2 Å². The Balaban J connectivity index is 2.09. The van der Waals surface area contributed by atoms with Gasteiger partial charge in [0, 0.05) is 6.54 Å². The summed E-state index contributed by atoms with van der Waals surface area (Å²) in [6.45, 7) is 4.48. The van der Waals surface area contributed by atoms with Crippen LogP contribution in [0.1, 0.15) is 33.1 Å². The van der Waals surface area contributed by atoms with Crippen LogP contribution >= 0.6 is 11.8 Å². The van der Waals surface area contributed by atoms with E-state index in [1.165, 1.54) is 18.7 Å². The third kappa shape index (κ3) is 5.14. The smallest absolute Gasteiger partial charge is 0.237 e. The number of aliphatic hydroxyl groups is 4. The first kappa shape index (κ1) is 22.9. The number of likely N-dealkylation sites (tertiary alicyclic amines) is 1. The molecule has 1 amide bonds. The van der Waals surface area contributed by atoms with Crippen molar-refractivity contribution in [3.05, 3.63) is 0 Å². The van der Waals surface area contributed by atoms with Crippen LogP contribution in [-0.2, 0) is 9.53 Å². The topological polar surface area (TPSA) is 122 Å². The monoisotopic (exact) mass is 406 g/mol. The Morgan fingerprint density at radius 3 is 2.52 bits per heavy atom. The fourth-order valence-electron chi connectivity index (χ4n) is 4.13. The third-order valence-corrected chi connectivity index (χ3v) is 6.51. The second-order valence-electron chi connectivity index (χ2n) is 7.80. The molecule has 2 rings (SSSR count). The minimum absolute atomic E-state index is 0.223. The van der Waals surface area contributed by atoms with Crippen LogP contribution in [0.15, 0.2) is 0 Å². The van der Waals surface area contributed by atoms with Crippen LogP contribution in [-0.4, -0.2) is 99.1 Å². The number of carbonyl (C=O) groups excluding carboxylic acids is 1. The molecule has 0 spiro atoms. The highest BCUT2D eigenvalue weighted by atomic mass is 32.2. The highest BCUT2D eigenvalue weighted by molar-refractivity contribution is 7.99. The molecule has 2 saturated heterocycles. The van der Waals surface area contributed by atoms with Crippen molar-refractivity contribution in [2.24, 2.45) is 5.92 Å². The van der Waals surface area contributed by atoms with Gasteiger partial charge in [-0.3, -0.25) is 9.69 Å². The number of hydrogen-bond acceptors (Lipinski definition) is 8. The lowest BCUT2D eigenvalue weighted by Crippen LogP contribution is -2.65. The number of rotatable bonds is 7. The number of nitrogens with one attached hydrogen (secondary N) is 1. The van der Waals surface area contributed by atoms with E-state index in [9.17, 15) is 25.2 Å². The number of likely N-dealkylation sites (N-methyl/N-ethyl adjacent to an activating group) is 1. The van der Waals surface area contributed by atoms with Crippen molar-refractivity contribution in [1.29, 1.82) is 0 Å². The lowest BCUT2D eigenvalue weighted by molar-refractivity contribution is -0.211. The summed E-state index contributed by atoms with van der Waals surface area (Å²) in [6.07, 6.45) is -1.50. The second kappa shape index (κ2) is 9.87. The molecule has 0 aromatic heterocycles. The molecule has 5 N–H and O–H groups in total. The molecule has 9 atom stereocenters. The van der Waals surface area contributed by atoms with Gasteiger partial charge in [-0.15, -0.1) is 11.8 Å². The molecular weight excluding hydrogens is 372 g/mol. The average Bonchev–Trinajstić information content (AvgIpc) is 2.99. The van der Waals surface area contributed by atoms with Crippen molar-refractivity contribution in [2.45, 2.75) is 81.1 Å². The zero-order valence-corrected chi connectivity index (χ0v) is 17.3. The Bertz CT molecular complexity index is 494. The molecule has 2 aliphatic rings. The van der Waals surface area contributed by atoms with Gasteiger partial charge in [0.1, 0.15) is 29.9 Å². The van der Waals surface area contributed by atoms with Crippen molar-refractivity contribution in [3.63, 3.8) is 0 Å². The van der Waals surface area contributed by atoms with E-state index >= 15 is 0 Å². The van der Waals surface area contributed by atoms with Crippen LogP contribution < -0.4 is 5.32 Å². The quantitative estimate of drug-likeness (QED) is 0.370. The molecule has 0 aliphatic carbocycles.